The standard InChI is InChI=1S/C33H34N2O9/c1-15(36)17-6-4-16(5-7-17)12-21(37)11-10-18-8-9-19-13-20-14-22-26(35(2)3)29(40)25(32(34)43)31(42)33(22,44)30(41)24(20)28(39)23(19)27(18)38/h4-9,20,22,26,38-39,42,44H,10-14H2,1-3H3,(H2,34,43). The lowest BCUT2D eigenvalue weighted by Gasteiger charge is -2.50. The molecule has 5 rings (SSSR count). The molecule has 2 aromatic rings. The van der Waals surface area contributed by atoms with Crippen molar-refractivity contribution in [2.24, 2.45) is 17.6 Å². The van der Waals surface area contributed by atoms with Crippen molar-refractivity contribution in [2.45, 2.75) is 50.7 Å². The fraction of sp³-hybridized carbons (Fsp3) is 0.364. The molecule has 0 heterocycles. The maximum atomic E-state index is 13.9. The Hall–Kier alpha value is -4.61. The van der Waals surface area contributed by atoms with Gasteiger partial charge in [-0.15, -0.1) is 0 Å². The van der Waals surface area contributed by atoms with Gasteiger partial charge in [0, 0.05) is 29.9 Å². The van der Waals surface area contributed by atoms with E-state index in [0.29, 0.717) is 16.7 Å². The average Bonchev–Trinajstić information content (AvgIpc) is 2.94. The van der Waals surface area contributed by atoms with Crippen molar-refractivity contribution < 1.29 is 44.4 Å². The zero-order chi connectivity index (χ0) is 32.2. The number of fused-ring (bicyclic) bond motifs is 3. The first-order valence-corrected chi connectivity index (χ1v) is 14.3. The maximum absolute atomic E-state index is 13.9. The number of amides is 1. The van der Waals surface area contributed by atoms with E-state index in [0.717, 1.165) is 5.56 Å². The molecule has 4 atom stereocenters. The number of carbonyl (C=O) groups is 5. The van der Waals surface area contributed by atoms with Gasteiger partial charge in [-0.3, -0.25) is 28.9 Å². The zero-order valence-corrected chi connectivity index (χ0v) is 24.6. The van der Waals surface area contributed by atoms with Crippen LogP contribution >= 0.6 is 0 Å². The van der Waals surface area contributed by atoms with Crippen molar-refractivity contribution >= 4 is 34.8 Å². The van der Waals surface area contributed by atoms with Crippen molar-refractivity contribution in [3.63, 3.8) is 0 Å². The molecule has 230 valence electrons. The van der Waals surface area contributed by atoms with Gasteiger partial charge in [-0.05, 0) is 62.9 Å². The predicted octanol–water partition coefficient (Wildman–Crippen LogP) is 1.91. The van der Waals surface area contributed by atoms with Crippen LogP contribution in [0.1, 0.15) is 52.4 Å². The van der Waals surface area contributed by atoms with E-state index in [2.05, 4.69) is 0 Å². The number of nitrogens with zero attached hydrogens (tertiary/aromatic N) is 1. The van der Waals surface area contributed by atoms with Crippen LogP contribution in [-0.4, -0.2) is 80.1 Å². The van der Waals surface area contributed by atoms with E-state index in [1.54, 1.807) is 50.5 Å². The minimum absolute atomic E-state index is 0.00828. The third kappa shape index (κ3) is 4.82. The number of primary amides is 1. The van der Waals surface area contributed by atoms with Gasteiger partial charge < -0.3 is 26.2 Å². The first-order chi connectivity index (χ1) is 20.7. The topological polar surface area (TPSA) is 196 Å². The van der Waals surface area contributed by atoms with Gasteiger partial charge in [0.15, 0.2) is 17.2 Å². The Labute approximate surface area is 253 Å². The van der Waals surface area contributed by atoms with Gasteiger partial charge >= 0.3 is 0 Å². The molecule has 0 aliphatic heterocycles. The van der Waals surface area contributed by atoms with E-state index in [1.807, 2.05) is 0 Å². The lowest BCUT2D eigenvalue weighted by Crippen LogP contribution is -2.65. The van der Waals surface area contributed by atoms with Crippen molar-refractivity contribution in [3.8, 4) is 5.75 Å². The molecule has 0 spiro atoms. The van der Waals surface area contributed by atoms with E-state index in [-0.39, 0.29) is 60.6 Å². The third-order valence-corrected chi connectivity index (χ3v) is 9.11. The minimum Gasteiger partial charge on any atom is -0.508 e. The number of nitrogens with two attached hydrogens (primary N) is 1. The Morgan fingerprint density at radius 1 is 1.02 bits per heavy atom. The highest BCUT2D eigenvalue weighted by atomic mass is 16.3. The zero-order valence-electron chi connectivity index (χ0n) is 24.6. The molecule has 1 fully saturated rings. The van der Waals surface area contributed by atoms with Crippen molar-refractivity contribution in [1.29, 1.82) is 0 Å². The third-order valence-electron chi connectivity index (χ3n) is 9.11. The van der Waals surface area contributed by atoms with E-state index in [4.69, 9.17) is 5.73 Å². The minimum atomic E-state index is -2.70. The molecular weight excluding hydrogens is 568 g/mol. The van der Waals surface area contributed by atoms with Crippen LogP contribution < -0.4 is 5.73 Å². The largest absolute Gasteiger partial charge is 0.508 e. The monoisotopic (exact) mass is 602 g/mol. The fourth-order valence-electron chi connectivity index (χ4n) is 6.91. The number of phenolic OH excluding ortho intramolecular Hbond substituents is 1. The molecule has 4 unspecified atom stereocenters. The quantitative estimate of drug-likeness (QED) is 0.220. The Morgan fingerprint density at radius 2 is 1.68 bits per heavy atom. The summed E-state index contributed by atoms with van der Waals surface area (Å²) in [6, 6.07) is 8.96. The molecule has 3 aliphatic carbocycles. The highest BCUT2D eigenvalue weighted by molar-refractivity contribution is 6.24. The van der Waals surface area contributed by atoms with Crippen LogP contribution in [0.4, 0.5) is 0 Å². The van der Waals surface area contributed by atoms with Gasteiger partial charge in [0.1, 0.15) is 28.6 Å². The number of aliphatic hydroxyl groups is 3. The summed E-state index contributed by atoms with van der Waals surface area (Å²) in [5, 5.41) is 45.2. The second kappa shape index (κ2) is 11.1. The highest BCUT2D eigenvalue weighted by Crippen LogP contribution is 2.52. The number of aryl methyl sites for hydroxylation is 1. The molecule has 0 bridgehead atoms. The molecule has 44 heavy (non-hydrogen) atoms. The summed E-state index contributed by atoms with van der Waals surface area (Å²) in [5.74, 6) is -7.17. The van der Waals surface area contributed by atoms with Crippen LogP contribution in [0.15, 0.2) is 53.3 Å². The molecule has 3 aliphatic rings. The predicted molar refractivity (Wildman–Crippen MR) is 158 cm³/mol. The SMILES string of the molecule is CC(=O)c1ccc(CC(=O)CCc2ccc3c(c2O)C(O)=C2C(=O)C4(O)C(O)=C(C(N)=O)C(=O)C(N(C)C)C4CC2C3)cc1. The summed E-state index contributed by atoms with van der Waals surface area (Å²) in [6.07, 6.45) is 0.562. The first-order valence-electron chi connectivity index (χ1n) is 14.3. The number of Topliss-reactive ketones (excluding diaryl/α,β-unsaturated/α-hetero) is 4. The number of benzene rings is 2. The lowest BCUT2D eigenvalue weighted by molar-refractivity contribution is -0.153. The van der Waals surface area contributed by atoms with Crippen LogP contribution in [0.3, 0.4) is 0 Å². The fourth-order valence-corrected chi connectivity index (χ4v) is 6.91. The number of hydrogen-bond acceptors (Lipinski definition) is 10. The number of likely N-dealkylation sites (N-methyl/N-ethyl adjacent to an activating group) is 1. The van der Waals surface area contributed by atoms with E-state index >= 15 is 0 Å². The maximum Gasteiger partial charge on any atom is 0.255 e. The molecule has 1 saturated carbocycles. The number of hydrogen-bond donors (Lipinski definition) is 5. The van der Waals surface area contributed by atoms with E-state index < -0.39 is 58.0 Å². The van der Waals surface area contributed by atoms with Crippen LogP contribution in [-0.2, 0) is 38.4 Å². The van der Waals surface area contributed by atoms with Crippen LogP contribution in [0.25, 0.3) is 5.76 Å². The van der Waals surface area contributed by atoms with Crippen molar-refractivity contribution in [1.82, 2.24) is 4.90 Å². The number of aliphatic hydroxyl groups excluding tert-OH is 2. The number of rotatable bonds is 8. The van der Waals surface area contributed by atoms with Crippen molar-refractivity contribution in [2.75, 3.05) is 14.1 Å². The van der Waals surface area contributed by atoms with Crippen LogP contribution in [0, 0.1) is 11.8 Å². The smallest absolute Gasteiger partial charge is 0.255 e. The number of ketones is 4. The summed E-state index contributed by atoms with van der Waals surface area (Å²) >= 11 is 0. The molecule has 0 radical (unpaired) electrons. The first kappa shape index (κ1) is 30.8. The highest BCUT2D eigenvalue weighted by Gasteiger charge is 2.64. The molecular formula is C33H34N2O9. The number of phenols is 1. The lowest BCUT2D eigenvalue weighted by atomic mass is 9.57. The number of carbonyl (C=O) groups excluding carboxylic acids is 5. The Morgan fingerprint density at radius 3 is 2.27 bits per heavy atom. The summed E-state index contributed by atoms with van der Waals surface area (Å²) in [5.41, 5.74) is 3.74. The van der Waals surface area contributed by atoms with Gasteiger partial charge in [0.05, 0.1) is 11.6 Å². The van der Waals surface area contributed by atoms with Gasteiger partial charge in [-0.2, -0.15) is 0 Å². The van der Waals surface area contributed by atoms with Gasteiger partial charge in [-0.25, -0.2) is 0 Å². The molecule has 11 nitrogen and oxygen atoms in total. The van der Waals surface area contributed by atoms with E-state index in [1.165, 1.54) is 11.8 Å². The van der Waals surface area contributed by atoms with Crippen molar-refractivity contribution in [3.05, 3.63) is 81.1 Å². The normalized spacial score (nSPS) is 24.6. The summed E-state index contributed by atoms with van der Waals surface area (Å²) in [4.78, 5) is 64.9. The molecule has 11 heteroatoms. The van der Waals surface area contributed by atoms with Gasteiger partial charge in [-0.1, -0.05) is 36.4 Å². The molecule has 0 aromatic heterocycles. The van der Waals surface area contributed by atoms with Crippen LogP contribution in [0.2, 0.25) is 0 Å². The molecule has 1 amide bonds. The summed E-state index contributed by atoms with van der Waals surface area (Å²) < 4.78 is 0. The Balaban J connectivity index is 1.45. The number of aromatic hydroxyl groups is 1. The van der Waals surface area contributed by atoms with E-state index in [9.17, 15) is 44.4 Å². The summed E-state index contributed by atoms with van der Waals surface area (Å²) in [7, 11) is 3.09. The van der Waals surface area contributed by atoms with Gasteiger partial charge in [0.25, 0.3) is 5.91 Å². The van der Waals surface area contributed by atoms with Gasteiger partial charge in [0.2, 0.25) is 5.78 Å². The Kier molecular flexibility index (Phi) is 7.81. The second-order valence-electron chi connectivity index (χ2n) is 12.0. The Bertz CT molecular complexity index is 1690. The molecule has 2 aromatic carbocycles. The summed E-state index contributed by atoms with van der Waals surface area (Å²) in [6.45, 7) is 1.46. The molecule has 0 saturated heterocycles. The average molecular weight is 603 g/mol. The van der Waals surface area contributed by atoms with Crippen LogP contribution in [0.5, 0.6) is 5.75 Å². The second-order valence-corrected chi connectivity index (χ2v) is 12.0. The molecule has 6 N–H and O–H groups in total.